The van der Waals surface area contributed by atoms with E-state index in [0.29, 0.717) is 16.0 Å². The van der Waals surface area contributed by atoms with Gasteiger partial charge >= 0.3 is 5.97 Å². The van der Waals surface area contributed by atoms with Crippen LogP contribution in [0.1, 0.15) is 22.8 Å². The minimum absolute atomic E-state index is 0.114. The van der Waals surface area contributed by atoms with E-state index in [0.717, 1.165) is 5.56 Å². The highest BCUT2D eigenvalue weighted by atomic mass is 79.9. The maximum Gasteiger partial charge on any atom is 0.340 e. The van der Waals surface area contributed by atoms with Crippen LogP contribution in [0.15, 0.2) is 53.0 Å². The monoisotopic (exact) mass is 332 g/mol. The van der Waals surface area contributed by atoms with Gasteiger partial charge in [-0.05, 0) is 41.1 Å². The molecule has 0 atom stereocenters. The Labute approximate surface area is 125 Å². The molecule has 0 spiro atoms. The zero-order chi connectivity index (χ0) is 14.5. The van der Waals surface area contributed by atoms with Crippen molar-refractivity contribution in [2.24, 2.45) is 0 Å². The lowest BCUT2D eigenvalue weighted by Crippen LogP contribution is -2.01. The molecular weight excluding hydrogens is 320 g/mol. The first kappa shape index (κ1) is 14.3. The van der Waals surface area contributed by atoms with E-state index in [4.69, 9.17) is 4.74 Å². The summed E-state index contributed by atoms with van der Waals surface area (Å²) >= 11 is 3.24. The van der Waals surface area contributed by atoms with Crippen molar-refractivity contribution in [1.29, 1.82) is 0 Å². The first-order valence-electron chi connectivity index (χ1n) is 6.05. The lowest BCUT2D eigenvalue weighted by molar-refractivity contribution is 0.0693. The average molecular weight is 333 g/mol. The molecule has 0 heterocycles. The van der Waals surface area contributed by atoms with E-state index in [9.17, 15) is 9.90 Å². The SMILES string of the molecule is C/C=C/c1ccccc1Oc1cccc(Br)c1C(=O)O. The summed E-state index contributed by atoms with van der Waals surface area (Å²) in [6.45, 7) is 1.92. The summed E-state index contributed by atoms with van der Waals surface area (Å²) in [7, 11) is 0. The summed E-state index contributed by atoms with van der Waals surface area (Å²) in [5.74, 6) is -0.106. The van der Waals surface area contributed by atoms with E-state index < -0.39 is 5.97 Å². The van der Waals surface area contributed by atoms with E-state index >= 15 is 0 Å². The molecule has 20 heavy (non-hydrogen) atoms. The van der Waals surface area contributed by atoms with E-state index in [2.05, 4.69) is 15.9 Å². The third-order valence-corrected chi connectivity index (χ3v) is 3.34. The number of ether oxygens (including phenoxy) is 1. The second kappa shape index (κ2) is 6.39. The maximum absolute atomic E-state index is 11.3. The standard InChI is InChI=1S/C16H13BrO3/c1-2-6-11-7-3-4-9-13(11)20-14-10-5-8-12(17)15(14)16(18)19/h2-10H,1H3,(H,18,19)/b6-2+. The largest absolute Gasteiger partial charge is 0.478 e. The van der Waals surface area contributed by atoms with E-state index in [1.54, 1.807) is 18.2 Å². The number of carbonyl (C=O) groups is 1. The summed E-state index contributed by atoms with van der Waals surface area (Å²) in [6, 6.07) is 12.5. The van der Waals surface area contributed by atoms with E-state index in [-0.39, 0.29) is 5.56 Å². The van der Waals surface area contributed by atoms with Gasteiger partial charge in [-0.25, -0.2) is 4.79 Å². The number of para-hydroxylation sites is 1. The Morgan fingerprint density at radius 1 is 1.15 bits per heavy atom. The van der Waals surface area contributed by atoms with Crippen molar-refractivity contribution in [3.05, 3.63) is 64.1 Å². The minimum Gasteiger partial charge on any atom is -0.478 e. The Hall–Kier alpha value is -2.07. The summed E-state index contributed by atoms with van der Waals surface area (Å²) in [6.07, 6.45) is 3.81. The fourth-order valence-electron chi connectivity index (χ4n) is 1.81. The molecule has 0 bridgehead atoms. The third kappa shape index (κ3) is 3.08. The second-order valence-electron chi connectivity index (χ2n) is 4.06. The van der Waals surface area contributed by atoms with Gasteiger partial charge in [0.2, 0.25) is 0 Å². The van der Waals surface area contributed by atoms with Gasteiger partial charge in [0.05, 0.1) is 0 Å². The van der Waals surface area contributed by atoms with Gasteiger partial charge in [0, 0.05) is 10.0 Å². The fourth-order valence-corrected chi connectivity index (χ4v) is 2.32. The van der Waals surface area contributed by atoms with E-state index in [1.165, 1.54) is 0 Å². The molecule has 0 aliphatic heterocycles. The smallest absolute Gasteiger partial charge is 0.340 e. The molecule has 0 unspecified atom stereocenters. The van der Waals surface area contributed by atoms with Gasteiger partial charge < -0.3 is 9.84 Å². The summed E-state index contributed by atoms with van der Waals surface area (Å²) in [4.78, 5) is 11.3. The molecule has 0 radical (unpaired) electrons. The van der Waals surface area contributed by atoms with Crippen LogP contribution < -0.4 is 4.74 Å². The normalized spacial score (nSPS) is 10.7. The summed E-state index contributed by atoms with van der Waals surface area (Å²) < 4.78 is 6.26. The summed E-state index contributed by atoms with van der Waals surface area (Å²) in [5.41, 5.74) is 1.01. The number of halogens is 1. The molecule has 2 aromatic carbocycles. The number of benzene rings is 2. The number of hydrogen-bond donors (Lipinski definition) is 1. The Balaban J connectivity index is 2.46. The van der Waals surface area contributed by atoms with Gasteiger partial charge in [-0.15, -0.1) is 0 Å². The lowest BCUT2D eigenvalue weighted by Gasteiger charge is -2.12. The quantitative estimate of drug-likeness (QED) is 0.859. The third-order valence-electron chi connectivity index (χ3n) is 2.67. The minimum atomic E-state index is -1.03. The molecule has 0 aliphatic carbocycles. The Kier molecular flexibility index (Phi) is 4.58. The Morgan fingerprint density at radius 3 is 2.55 bits per heavy atom. The topological polar surface area (TPSA) is 46.5 Å². The number of rotatable bonds is 4. The molecule has 0 fully saturated rings. The number of hydrogen-bond acceptors (Lipinski definition) is 2. The van der Waals surface area contributed by atoms with Crippen LogP contribution in [-0.2, 0) is 0 Å². The lowest BCUT2D eigenvalue weighted by atomic mass is 10.1. The van der Waals surface area contributed by atoms with Crippen molar-refractivity contribution >= 4 is 28.0 Å². The van der Waals surface area contributed by atoms with E-state index in [1.807, 2.05) is 43.3 Å². The van der Waals surface area contributed by atoms with Crippen molar-refractivity contribution in [2.45, 2.75) is 6.92 Å². The van der Waals surface area contributed by atoms with Crippen LogP contribution in [0.3, 0.4) is 0 Å². The zero-order valence-electron chi connectivity index (χ0n) is 10.8. The van der Waals surface area contributed by atoms with Gasteiger partial charge in [0.25, 0.3) is 0 Å². The highest BCUT2D eigenvalue weighted by Gasteiger charge is 2.16. The predicted molar refractivity (Wildman–Crippen MR) is 82.3 cm³/mol. The number of aromatic carboxylic acids is 1. The molecule has 0 saturated heterocycles. The van der Waals surface area contributed by atoms with Crippen LogP contribution in [0.2, 0.25) is 0 Å². The molecular formula is C16H13BrO3. The molecule has 2 aromatic rings. The maximum atomic E-state index is 11.3. The molecule has 0 saturated carbocycles. The molecule has 1 N–H and O–H groups in total. The van der Waals surface area contributed by atoms with Gasteiger partial charge in [-0.1, -0.05) is 36.4 Å². The van der Waals surface area contributed by atoms with Crippen LogP contribution in [0.5, 0.6) is 11.5 Å². The fraction of sp³-hybridized carbons (Fsp3) is 0.0625. The van der Waals surface area contributed by atoms with Crippen LogP contribution >= 0.6 is 15.9 Å². The van der Waals surface area contributed by atoms with Crippen LogP contribution in [0, 0.1) is 0 Å². The first-order chi connectivity index (χ1) is 9.63. The second-order valence-corrected chi connectivity index (χ2v) is 4.91. The predicted octanol–water partition coefficient (Wildman–Crippen LogP) is 4.97. The molecule has 2 rings (SSSR count). The number of carboxylic acid groups (broad SMARTS) is 1. The number of carboxylic acids is 1. The Bertz CT molecular complexity index is 663. The first-order valence-corrected chi connectivity index (χ1v) is 6.84. The van der Waals surface area contributed by atoms with Crippen molar-refractivity contribution in [3.63, 3.8) is 0 Å². The molecule has 4 heteroatoms. The van der Waals surface area contributed by atoms with Gasteiger partial charge in [-0.3, -0.25) is 0 Å². The van der Waals surface area contributed by atoms with Crippen molar-refractivity contribution < 1.29 is 14.6 Å². The van der Waals surface area contributed by atoms with Gasteiger partial charge in [0.15, 0.2) is 0 Å². The Morgan fingerprint density at radius 2 is 1.85 bits per heavy atom. The summed E-state index contributed by atoms with van der Waals surface area (Å²) in [5, 5.41) is 9.27. The van der Waals surface area contributed by atoms with Crippen LogP contribution in [0.4, 0.5) is 0 Å². The van der Waals surface area contributed by atoms with Crippen molar-refractivity contribution in [1.82, 2.24) is 0 Å². The molecule has 0 amide bonds. The van der Waals surface area contributed by atoms with Crippen LogP contribution in [0.25, 0.3) is 6.08 Å². The van der Waals surface area contributed by atoms with Crippen molar-refractivity contribution in [2.75, 3.05) is 0 Å². The average Bonchev–Trinajstić information content (AvgIpc) is 2.41. The molecule has 0 aliphatic rings. The highest BCUT2D eigenvalue weighted by Crippen LogP contribution is 2.32. The zero-order valence-corrected chi connectivity index (χ0v) is 12.4. The molecule has 3 nitrogen and oxygen atoms in total. The highest BCUT2D eigenvalue weighted by molar-refractivity contribution is 9.10. The molecule has 102 valence electrons. The number of allylic oxidation sites excluding steroid dienone is 1. The van der Waals surface area contributed by atoms with Gasteiger partial charge in [-0.2, -0.15) is 0 Å². The van der Waals surface area contributed by atoms with Crippen molar-refractivity contribution in [3.8, 4) is 11.5 Å². The van der Waals surface area contributed by atoms with Crippen LogP contribution in [-0.4, -0.2) is 11.1 Å². The van der Waals surface area contributed by atoms with Gasteiger partial charge in [0.1, 0.15) is 17.1 Å². The molecule has 0 aromatic heterocycles.